The highest BCUT2D eigenvalue weighted by molar-refractivity contribution is 6.11. The van der Waals surface area contributed by atoms with Crippen LogP contribution in [0.4, 0.5) is 0 Å². The Balaban J connectivity index is 2.54. The normalized spacial score (nSPS) is 17.9. The number of fused-ring (bicyclic) bond motifs is 1. The maximum absolute atomic E-state index is 11.9. The molecule has 14 heavy (non-hydrogen) atoms. The van der Waals surface area contributed by atoms with Gasteiger partial charge in [0, 0.05) is 5.57 Å². The number of ketones is 1. The van der Waals surface area contributed by atoms with Crippen molar-refractivity contribution >= 4 is 5.78 Å². The average molecular weight is 188 g/mol. The highest BCUT2D eigenvalue weighted by Gasteiger charge is 2.22. The van der Waals surface area contributed by atoms with E-state index in [-0.39, 0.29) is 5.78 Å². The number of allylic oxidation sites excluding steroid dienone is 1. The molecule has 2 rings (SSSR count). The molecule has 0 spiro atoms. The lowest BCUT2D eigenvalue weighted by atomic mass is 9.99. The predicted octanol–water partition coefficient (Wildman–Crippen LogP) is 2.52. The summed E-state index contributed by atoms with van der Waals surface area (Å²) in [6.45, 7) is 4.22. The molecule has 2 heteroatoms. The van der Waals surface area contributed by atoms with Crippen molar-refractivity contribution in [2.24, 2.45) is 0 Å². The van der Waals surface area contributed by atoms with E-state index in [0.717, 1.165) is 11.1 Å². The molecular weight excluding hydrogens is 176 g/mol. The van der Waals surface area contributed by atoms with Crippen LogP contribution in [-0.4, -0.2) is 12.4 Å². The lowest BCUT2D eigenvalue weighted by Crippen LogP contribution is -2.18. The number of hydrogen-bond acceptors (Lipinski definition) is 2. The topological polar surface area (TPSA) is 26.3 Å². The molecule has 0 saturated carbocycles. The van der Waals surface area contributed by atoms with Crippen LogP contribution in [0.2, 0.25) is 0 Å². The van der Waals surface area contributed by atoms with E-state index in [2.05, 4.69) is 0 Å². The van der Waals surface area contributed by atoms with Gasteiger partial charge in [0.25, 0.3) is 0 Å². The summed E-state index contributed by atoms with van der Waals surface area (Å²) in [6, 6.07) is 5.68. The molecule has 0 N–H and O–H groups in total. The number of carbonyl (C=O) groups excluding carboxylic acids is 1. The van der Waals surface area contributed by atoms with Crippen molar-refractivity contribution in [1.29, 1.82) is 0 Å². The summed E-state index contributed by atoms with van der Waals surface area (Å²) in [4.78, 5) is 11.9. The summed E-state index contributed by atoms with van der Waals surface area (Å²) >= 11 is 0. The van der Waals surface area contributed by atoms with Gasteiger partial charge in [-0.05, 0) is 26.0 Å². The number of aryl methyl sites for hydroxylation is 1. The van der Waals surface area contributed by atoms with Crippen molar-refractivity contribution in [3.8, 4) is 5.75 Å². The van der Waals surface area contributed by atoms with Gasteiger partial charge in [0.1, 0.15) is 12.4 Å². The predicted molar refractivity (Wildman–Crippen MR) is 54.8 cm³/mol. The van der Waals surface area contributed by atoms with Crippen molar-refractivity contribution in [2.45, 2.75) is 13.8 Å². The first kappa shape index (κ1) is 9.00. The summed E-state index contributed by atoms with van der Waals surface area (Å²) in [5.74, 6) is 0.795. The van der Waals surface area contributed by atoms with Crippen LogP contribution in [0.1, 0.15) is 22.8 Å². The molecule has 0 saturated heterocycles. The second kappa shape index (κ2) is 3.29. The van der Waals surface area contributed by atoms with Crippen LogP contribution >= 0.6 is 0 Å². The Morgan fingerprint density at radius 2 is 2.21 bits per heavy atom. The second-order valence-electron chi connectivity index (χ2n) is 3.43. The number of hydrogen-bond donors (Lipinski definition) is 0. The molecule has 72 valence electrons. The van der Waals surface area contributed by atoms with Crippen LogP contribution in [0.3, 0.4) is 0 Å². The Morgan fingerprint density at radius 1 is 1.43 bits per heavy atom. The van der Waals surface area contributed by atoms with Gasteiger partial charge in [-0.3, -0.25) is 4.79 Å². The standard InChI is InChI=1S/C12H12O2/c1-3-9-7-14-11-5-4-8(2)6-10(11)12(9)13/h3-6H,7H2,1-2H3/b9-3+. The third-order valence-corrected chi connectivity index (χ3v) is 2.40. The minimum atomic E-state index is 0.0949. The zero-order valence-corrected chi connectivity index (χ0v) is 8.33. The fraction of sp³-hybridized carbons (Fsp3) is 0.250. The summed E-state index contributed by atoms with van der Waals surface area (Å²) < 4.78 is 5.46. The highest BCUT2D eigenvalue weighted by Crippen LogP contribution is 2.27. The smallest absolute Gasteiger partial charge is 0.195 e. The van der Waals surface area contributed by atoms with Crippen molar-refractivity contribution < 1.29 is 9.53 Å². The fourth-order valence-electron chi connectivity index (χ4n) is 1.56. The molecule has 1 aromatic rings. The van der Waals surface area contributed by atoms with E-state index in [1.165, 1.54) is 0 Å². The lowest BCUT2D eigenvalue weighted by molar-refractivity contribution is 0.0999. The van der Waals surface area contributed by atoms with Gasteiger partial charge in [0.2, 0.25) is 0 Å². The van der Waals surface area contributed by atoms with E-state index in [9.17, 15) is 4.79 Å². The molecule has 0 aliphatic carbocycles. The molecule has 1 aliphatic rings. The Bertz CT molecular complexity index is 416. The van der Waals surface area contributed by atoms with Crippen molar-refractivity contribution in [1.82, 2.24) is 0 Å². The van der Waals surface area contributed by atoms with Crippen LogP contribution in [0, 0.1) is 6.92 Å². The number of rotatable bonds is 0. The van der Waals surface area contributed by atoms with Crippen LogP contribution in [0.15, 0.2) is 29.8 Å². The van der Waals surface area contributed by atoms with Crippen molar-refractivity contribution in [3.63, 3.8) is 0 Å². The molecule has 0 fully saturated rings. The number of benzene rings is 1. The maximum atomic E-state index is 11.9. The maximum Gasteiger partial charge on any atom is 0.195 e. The first-order valence-corrected chi connectivity index (χ1v) is 4.65. The summed E-state index contributed by atoms with van der Waals surface area (Å²) in [5.41, 5.74) is 2.51. The first-order chi connectivity index (χ1) is 6.72. The van der Waals surface area contributed by atoms with Crippen LogP contribution in [-0.2, 0) is 0 Å². The quantitative estimate of drug-likeness (QED) is 0.585. The zero-order chi connectivity index (χ0) is 10.1. The molecule has 0 bridgehead atoms. The van der Waals surface area contributed by atoms with E-state index < -0.39 is 0 Å². The van der Waals surface area contributed by atoms with E-state index >= 15 is 0 Å². The second-order valence-corrected chi connectivity index (χ2v) is 3.43. The average Bonchev–Trinajstić information content (AvgIpc) is 2.20. The third-order valence-electron chi connectivity index (χ3n) is 2.40. The summed E-state index contributed by atoms with van der Waals surface area (Å²) in [6.07, 6.45) is 1.81. The Kier molecular flexibility index (Phi) is 2.12. The van der Waals surface area contributed by atoms with E-state index in [1.54, 1.807) is 0 Å². The number of Topliss-reactive ketones (excluding diaryl/α,β-unsaturated/α-hetero) is 1. The molecule has 2 nitrogen and oxygen atoms in total. The van der Waals surface area contributed by atoms with Gasteiger partial charge >= 0.3 is 0 Å². The van der Waals surface area contributed by atoms with Crippen LogP contribution < -0.4 is 4.74 Å². The molecule has 1 aromatic carbocycles. The van der Waals surface area contributed by atoms with Gasteiger partial charge in [0.05, 0.1) is 5.56 Å². The minimum absolute atomic E-state index is 0.0949. The molecular formula is C12H12O2. The third kappa shape index (κ3) is 1.33. The highest BCUT2D eigenvalue weighted by atomic mass is 16.5. The van der Waals surface area contributed by atoms with Gasteiger partial charge in [-0.15, -0.1) is 0 Å². The zero-order valence-electron chi connectivity index (χ0n) is 8.33. The van der Waals surface area contributed by atoms with E-state index in [0.29, 0.717) is 17.9 Å². The van der Waals surface area contributed by atoms with Crippen molar-refractivity contribution in [2.75, 3.05) is 6.61 Å². The van der Waals surface area contributed by atoms with Gasteiger partial charge in [-0.25, -0.2) is 0 Å². The van der Waals surface area contributed by atoms with E-state index in [1.807, 2.05) is 38.1 Å². The summed E-state index contributed by atoms with van der Waals surface area (Å²) in [5, 5.41) is 0. The first-order valence-electron chi connectivity index (χ1n) is 4.65. The van der Waals surface area contributed by atoms with Gasteiger partial charge < -0.3 is 4.74 Å². The van der Waals surface area contributed by atoms with Gasteiger partial charge in [-0.1, -0.05) is 17.7 Å². The molecule has 0 radical (unpaired) electrons. The molecule has 0 aromatic heterocycles. The summed E-state index contributed by atoms with van der Waals surface area (Å²) in [7, 11) is 0. The van der Waals surface area contributed by atoms with Crippen LogP contribution in [0.5, 0.6) is 5.75 Å². The largest absolute Gasteiger partial charge is 0.488 e. The number of carbonyl (C=O) groups is 1. The Labute approximate surface area is 83.2 Å². The Morgan fingerprint density at radius 3 is 2.93 bits per heavy atom. The number of ether oxygens (including phenoxy) is 1. The molecule has 0 atom stereocenters. The van der Waals surface area contributed by atoms with E-state index in [4.69, 9.17) is 4.74 Å². The van der Waals surface area contributed by atoms with Gasteiger partial charge in [0.15, 0.2) is 5.78 Å². The molecule has 1 aliphatic heterocycles. The lowest BCUT2D eigenvalue weighted by Gasteiger charge is -2.18. The Hall–Kier alpha value is -1.57. The fourth-order valence-corrected chi connectivity index (χ4v) is 1.56. The van der Waals surface area contributed by atoms with Gasteiger partial charge in [-0.2, -0.15) is 0 Å². The van der Waals surface area contributed by atoms with Crippen LogP contribution in [0.25, 0.3) is 0 Å². The molecule has 0 amide bonds. The monoisotopic (exact) mass is 188 g/mol. The SMILES string of the molecule is C/C=C1\COc2ccc(C)cc2C1=O. The molecule has 1 heterocycles. The molecule has 0 unspecified atom stereocenters. The van der Waals surface area contributed by atoms with Crippen molar-refractivity contribution in [3.05, 3.63) is 41.0 Å². The minimum Gasteiger partial charge on any atom is -0.488 e.